The van der Waals surface area contributed by atoms with E-state index in [1.807, 2.05) is 0 Å². The Morgan fingerprint density at radius 3 is 2.42 bits per heavy atom. The third-order valence-electron chi connectivity index (χ3n) is 3.86. The Morgan fingerprint density at radius 1 is 1.11 bits per heavy atom. The number of hydrogen-bond donors (Lipinski definition) is 0. The van der Waals surface area contributed by atoms with Crippen molar-refractivity contribution in [1.82, 2.24) is 0 Å². The SMILES string of the molecule is CCCCC(C)c1ccc(CCC(C)C)c(OC)c1. The van der Waals surface area contributed by atoms with Gasteiger partial charge in [-0.05, 0) is 48.3 Å². The molecule has 1 aromatic carbocycles. The van der Waals surface area contributed by atoms with Crippen LogP contribution in [0.4, 0.5) is 0 Å². The molecule has 0 N–H and O–H groups in total. The van der Waals surface area contributed by atoms with Gasteiger partial charge in [-0.25, -0.2) is 0 Å². The molecule has 0 saturated carbocycles. The molecule has 1 unspecified atom stereocenters. The molecule has 0 radical (unpaired) electrons. The summed E-state index contributed by atoms with van der Waals surface area (Å²) >= 11 is 0. The van der Waals surface area contributed by atoms with E-state index in [-0.39, 0.29) is 0 Å². The van der Waals surface area contributed by atoms with Crippen molar-refractivity contribution >= 4 is 0 Å². The van der Waals surface area contributed by atoms with E-state index in [0.29, 0.717) is 5.92 Å². The fourth-order valence-electron chi connectivity index (χ4n) is 2.40. The topological polar surface area (TPSA) is 9.23 Å². The van der Waals surface area contributed by atoms with Crippen LogP contribution in [0.1, 0.15) is 70.4 Å². The second kappa shape index (κ2) is 8.24. The van der Waals surface area contributed by atoms with Gasteiger partial charge in [-0.2, -0.15) is 0 Å². The molecule has 1 aromatic rings. The van der Waals surface area contributed by atoms with Crippen LogP contribution in [0.25, 0.3) is 0 Å². The smallest absolute Gasteiger partial charge is 0.122 e. The summed E-state index contributed by atoms with van der Waals surface area (Å²) in [6, 6.07) is 6.80. The third kappa shape index (κ3) is 5.26. The number of hydrogen-bond acceptors (Lipinski definition) is 1. The van der Waals surface area contributed by atoms with Crippen molar-refractivity contribution in [2.75, 3.05) is 7.11 Å². The first-order chi connectivity index (χ1) is 9.08. The van der Waals surface area contributed by atoms with E-state index in [1.54, 1.807) is 7.11 Å². The molecule has 1 rings (SSSR count). The normalized spacial score (nSPS) is 12.7. The molecule has 0 heterocycles. The van der Waals surface area contributed by atoms with Crippen LogP contribution in [0.3, 0.4) is 0 Å². The van der Waals surface area contributed by atoms with Crippen LogP contribution in [0.5, 0.6) is 5.75 Å². The number of aryl methyl sites for hydroxylation is 1. The van der Waals surface area contributed by atoms with E-state index in [2.05, 4.69) is 45.9 Å². The van der Waals surface area contributed by atoms with Gasteiger partial charge in [0.1, 0.15) is 5.75 Å². The minimum Gasteiger partial charge on any atom is -0.496 e. The van der Waals surface area contributed by atoms with Gasteiger partial charge in [-0.1, -0.05) is 52.7 Å². The first-order valence-electron chi connectivity index (χ1n) is 7.75. The van der Waals surface area contributed by atoms with Crippen molar-refractivity contribution < 1.29 is 4.74 Å². The average molecular weight is 262 g/mol. The molecule has 0 aromatic heterocycles. The van der Waals surface area contributed by atoms with Crippen LogP contribution in [0.2, 0.25) is 0 Å². The molecule has 0 aliphatic rings. The van der Waals surface area contributed by atoms with E-state index >= 15 is 0 Å². The Bertz CT molecular complexity index is 368. The highest BCUT2D eigenvalue weighted by molar-refractivity contribution is 5.39. The molecule has 1 heteroatoms. The Balaban J connectivity index is 2.77. The van der Waals surface area contributed by atoms with Crippen molar-refractivity contribution in [2.24, 2.45) is 5.92 Å². The minimum absolute atomic E-state index is 0.632. The molecule has 0 aliphatic carbocycles. The van der Waals surface area contributed by atoms with Crippen molar-refractivity contribution in [3.8, 4) is 5.75 Å². The quantitative estimate of drug-likeness (QED) is 0.594. The Morgan fingerprint density at radius 2 is 1.84 bits per heavy atom. The average Bonchev–Trinajstić information content (AvgIpc) is 2.42. The molecule has 108 valence electrons. The molecule has 1 atom stereocenters. The lowest BCUT2D eigenvalue weighted by Crippen LogP contribution is -1.99. The Kier molecular flexibility index (Phi) is 6.97. The van der Waals surface area contributed by atoms with Crippen LogP contribution in [-0.2, 0) is 6.42 Å². The van der Waals surface area contributed by atoms with Crippen molar-refractivity contribution in [3.63, 3.8) is 0 Å². The number of benzene rings is 1. The molecule has 0 bridgehead atoms. The van der Waals surface area contributed by atoms with Gasteiger partial charge in [0, 0.05) is 0 Å². The summed E-state index contributed by atoms with van der Waals surface area (Å²) in [6.07, 6.45) is 6.18. The highest BCUT2D eigenvalue weighted by atomic mass is 16.5. The Hall–Kier alpha value is -0.980. The van der Waals surface area contributed by atoms with Crippen molar-refractivity contribution in [3.05, 3.63) is 29.3 Å². The summed E-state index contributed by atoms with van der Waals surface area (Å²) in [5.74, 6) is 2.45. The molecular weight excluding hydrogens is 232 g/mol. The van der Waals surface area contributed by atoms with Gasteiger partial charge in [0.05, 0.1) is 7.11 Å². The zero-order chi connectivity index (χ0) is 14.3. The first kappa shape index (κ1) is 16.1. The molecular formula is C18H30O. The zero-order valence-corrected chi connectivity index (χ0v) is 13.3. The minimum atomic E-state index is 0.632. The maximum absolute atomic E-state index is 5.57. The standard InChI is InChI=1S/C18H30O/c1-6-7-8-15(4)17-12-11-16(10-9-14(2)3)18(13-17)19-5/h11-15H,6-10H2,1-5H3. The molecule has 0 aliphatic heterocycles. The van der Waals surface area contributed by atoms with Gasteiger partial charge < -0.3 is 4.74 Å². The van der Waals surface area contributed by atoms with E-state index in [4.69, 9.17) is 4.74 Å². The van der Waals surface area contributed by atoms with Crippen LogP contribution in [-0.4, -0.2) is 7.11 Å². The second-order valence-electron chi connectivity index (χ2n) is 6.05. The predicted molar refractivity (Wildman–Crippen MR) is 84.1 cm³/mol. The van der Waals surface area contributed by atoms with Crippen LogP contribution < -0.4 is 4.74 Å². The van der Waals surface area contributed by atoms with Crippen LogP contribution in [0, 0.1) is 5.92 Å². The zero-order valence-electron chi connectivity index (χ0n) is 13.3. The number of methoxy groups -OCH3 is 1. The Labute approximate surface area is 119 Å². The fourth-order valence-corrected chi connectivity index (χ4v) is 2.40. The van der Waals surface area contributed by atoms with Gasteiger partial charge in [0.15, 0.2) is 0 Å². The largest absolute Gasteiger partial charge is 0.496 e. The van der Waals surface area contributed by atoms with Crippen LogP contribution >= 0.6 is 0 Å². The summed E-state index contributed by atoms with van der Waals surface area (Å²) < 4.78 is 5.57. The van der Waals surface area contributed by atoms with E-state index in [1.165, 1.54) is 36.8 Å². The molecule has 0 spiro atoms. The van der Waals surface area contributed by atoms with Gasteiger partial charge >= 0.3 is 0 Å². The lowest BCUT2D eigenvalue weighted by atomic mass is 9.93. The van der Waals surface area contributed by atoms with Crippen LogP contribution in [0.15, 0.2) is 18.2 Å². The maximum Gasteiger partial charge on any atom is 0.122 e. The summed E-state index contributed by atoms with van der Waals surface area (Å²) in [6.45, 7) is 9.11. The van der Waals surface area contributed by atoms with Gasteiger partial charge in [0.25, 0.3) is 0 Å². The lowest BCUT2D eigenvalue weighted by Gasteiger charge is -2.16. The lowest BCUT2D eigenvalue weighted by molar-refractivity contribution is 0.406. The summed E-state index contributed by atoms with van der Waals surface area (Å²) in [5, 5.41) is 0. The monoisotopic (exact) mass is 262 g/mol. The predicted octanol–water partition coefficient (Wildman–Crippen LogP) is 5.58. The highest BCUT2D eigenvalue weighted by Gasteiger charge is 2.10. The molecule has 0 amide bonds. The molecule has 1 nitrogen and oxygen atoms in total. The maximum atomic E-state index is 5.57. The van der Waals surface area contributed by atoms with E-state index in [0.717, 1.165) is 18.1 Å². The van der Waals surface area contributed by atoms with Gasteiger partial charge in [-0.15, -0.1) is 0 Å². The summed E-state index contributed by atoms with van der Waals surface area (Å²) in [4.78, 5) is 0. The van der Waals surface area contributed by atoms with Gasteiger partial charge in [0.2, 0.25) is 0 Å². The number of unbranched alkanes of at least 4 members (excludes halogenated alkanes) is 1. The highest BCUT2D eigenvalue weighted by Crippen LogP contribution is 2.28. The van der Waals surface area contributed by atoms with Crippen molar-refractivity contribution in [1.29, 1.82) is 0 Å². The number of rotatable bonds is 8. The van der Waals surface area contributed by atoms with Gasteiger partial charge in [-0.3, -0.25) is 0 Å². The summed E-state index contributed by atoms with van der Waals surface area (Å²) in [5.41, 5.74) is 2.77. The number of ether oxygens (including phenoxy) is 1. The van der Waals surface area contributed by atoms with E-state index in [9.17, 15) is 0 Å². The van der Waals surface area contributed by atoms with Crippen molar-refractivity contribution in [2.45, 2.75) is 65.7 Å². The molecule has 0 fully saturated rings. The second-order valence-corrected chi connectivity index (χ2v) is 6.05. The third-order valence-corrected chi connectivity index (χ3v) is 3.86. The molecule has 0 saturated heterocycles. The summed E-state index contributed by atoms with van der Waals surface area (Å²) in [7, 11) is 1.79. The fraction of sp³-hybridized carbons (Fsp3) is 0.667. The first-order valence-corrected chi connectivity index (χ1v) is 7.75. The van der Waals surface area contributed by atoms with E-state index < -0.39 is 0 Å². The molecule has 19 heavy (non-hydrogen) atoms.